The molecule has 1 aliphatic rings. The first-order chi connectivity index (χ1) is 8.41. The predicted molar refractivity (Wildman–Crippen MR) is 68.4 cm³/mol. The van der Waals surface area contributed by atoms with E-state index >= 15 is 0 Å². The molecule has 0 aromatic carbocycles. The molecule has 1 fully saturated rings. The SMILES string of the molecule is CNc1ncc(F)c(N2CC(C)OC(C)(C)C2)n1. The lowest BCUT2D eigenvalue weighted by atomic mass is 10.1. The maximum atomic E-state index is 13.8. The van der Waals surface area contributed by atoms with Crippen LogP contribution in [0, 0.1) is 5.82 Å². The van der Waals surface area contributed by atoms with Crippen LogP contribution in [0.4, 0.5) is 16.2 Å². The summed E-state index contributed by atoms with van der Waals surface area (Å²) in [6, 6.07) is 0. The first-order valence-corrected chi connectivity index (χ1v) is 6.04. The number of hydrogen-bond donors (Lipinski definition) is 1. The molecule has 0 aliphatic carbocycles. The van der Waals surface area contributed by atoms with Gasteiger partial charge >= 0.3 is 0 Å². The minimum Gasteiger partial charge on any atom is -0.369 e. The summed E-state index contributed by atoms with van der Waals surface area (Å²) in [6.07, 6.45) is 1.24. The Morgan fingerprint density at radius 3 is 2.89 bits per heavy atom. The van der Waals surface area contributed by atoms with Gasteiger partial charge in [0.15, 0.2) is 11.6 Å². The molecule has 0 spiro atoms. The number of rotatable bonds is 2. The molecule has 18 heavy (non-hydrogen) atoms. The summed E-state index contributed by atoms with van der Waals surface area (Å²) >= 11 is 0. The Morgan fingerprint density at radius 1 is 1.56 bits per heavy atom. The highest BCUT2D eigenvalue weighted by molar-refractivity contribution is 5.44. The van der Waals surface area contributed by atoms with Crippen molar-refractivity contribution >= 4 is 11.8 Å². The third kappa shape index (κ3) is 2.69. The number of nitrogens with zero attached hydrogens (tertiary/aromatic N) is 3. The fourth-order valence-corrected chi connectivity index (χ4v) is 2.32. The van der Waals surface area contributed by atoms with Crippen LogP contribution in [0.15, 0.2) is 6.20 Å². The van der Waals surface area contributed by atoms with Crippen LogP contribution in [0.5, 0.6) is 0 Å². The molecule has 0 radical (unpaired) electrons. The number of hydrogen-bond acceptors (Lipinski definition) is 5. The molecule has 0 amide bonds. The van der Waals surface area contributed by atoms with Crippen molar-refractivity contribution in [2.45, 2.75) is 32.5 Å². The van der Waals surface area contributed by atoms with Crippen molar-refractivity contribution in [1.29, 1.82) is 0 Å². The van der Waals surface area contributed by atoms with Gasteiger partial charge in [-0.15, -0.1) is 0 Å². The third-order valence-electron chi connectivity index (χ3n) is 2.82. The quantitative estimate of drug-likeness (QED) is 0.870. The number of anilines is 2. The first kappa shape index (κ1) is 13.0. The third-order valence-corrected chi connectivity index (χ3v) is 2.82. The molecule has 1 unspecified atom stereocenters. The zero-order chi connectivity index (χ0) is 13.3. The Labute approximate surface area is 106 Å². The highest BCUT2D eigenvalue weighted by atomic mass is 19.1. The van der Waals surface area contributed by atoms with Crippen LogP contribution in [0.2, 0.25) is 0 Å². The minimum absolute atomic E-state index is 0.0427. The van der Waals surface area contributed by atoms with Gasteiger partial charge < -0.3 is 15.0 Å². The summed E-state index contributed by atoms with van der Waals surface area (Å²) in [4.78, 5) is 9.95. The Morgan fingerprint density at radius 2 is 2.28 bits per heavy atom. The van der Waals surface area contributed by atoms with Crippen LogP contribution < -0.4 is 10.2 Å². The second-order valence-corrected chi connectivity index (χ2v) is 5.18. The zero-order valence-electron chi connectivity index (χ0n) is 11.2. The van der Waals surface area contributed by atoms with Crippen LogP contribution in [-0.4, -0.2) is 41.8 Å². The lowest BCUT2D eigenvalue weighted by Gasteiger charge is -2.42. The van der Waals surface area contributed by atoms with Gasteiger partial charge in [0, 0.05) is 20.1 Å². The molecule has 1 aromatic rings. The van der Waals surface area contributed by atoms with Gasteiger partial charge in [-0.1, -0.05) is 0 Å². The molecular weight excluding hydrogens is 235 g/mol. The van der Waals surface area contributed by atoms with Gasteiger partial charge in [-0.3, -0.25) is 0 Å². The zero-order valence-corrected chi connectivity index (χ0v) is 11.2. The average molecular weight is 254 g/mol. The predicted octanol–water partition coefficient (Wildman–Crippen LogP) is 1.66. The molecule has 1 saturated heterocycles. The van der Waals surface area contributed by atoms with Gasteiger partial charge in [-0.2, -0.15) is 4.98 Å². The molecule has 0 bridgehead atoms. The molecule has 5 nitrogen and oxygen atoms in total. The monoisotopic (exact) mass is 254 g/mol. The maximum Gasteiger partial charge on any atom is 0.224 e. The van der Waals surface area contributed by atoms with Crippen LogP contribution in [0.3, 0.4) is 0 Å². The highest BCUT2D eigenvalue weighted by Crippen LogP contribution is 2.26. The maximum absolute atomic E-state index is 13.8. The summed E-state index contributed by atoms with van der Waals surface area (Å²) in [7, 11) is 1.71. The molecule has 6 heteroatoms. The Hall–Kier alpha value is -1.43. The number of aromatic nitrogens is 2. The molecular formula is C12H19FN4O. The molecule has 1 aliphatic heterocycles. The summed E-state index contributed by atoms with van der Waals surface area (Å²) in [6.45, 7) is 7.20. The van der Waals surface area contributed by atoms with Gasteiger partial charge in [0.2, 0.25) is 5.95 Å². The summed E-state index contributed by atoms with van der Waals surface area (Å²) in [5.41, 5.74) is -0.311. The largest absolute Gasteiger partial charge is 0.369 e. The molecule has 2 heterocycles. The van der Waals surface area contributed by atoms with Crippen molar-refractivity contribution < 1.29 is 9.13 Å². The van der Waals surface area contributed by atoms with E-state index in [1.807, 2.05) is 25.7 Å². The van der Waals surface area contributed by atoms with E-state index in [1.165, 1.54) is 6.20 Å². The normalized spacial score (nSPS) is 22.9. The minimum atomic E-state index is -0.404. The number of nitrogens with one attached hydrogen (secondary N) is 1. The van der Waals surface area contributed by atoms with E-state index in [4.69, 9.17) is 4.74 Å². The molecule has 1 atom stereocenters. The lowest BCUT2D eigenvalue weighted by molar-refractivity contribution is -0.0753. The van der Waals surface area contributed by atoms with E-state index in [-0.39, 0.29) is 11.7 Å². The highest BCUT2D eigenvalue weighted by Gasteiger charge is 2.33. The average Bonchev–Trinajstić information content (AvgIpc) is 2.27. The molecule has 1 N–H and O–H groups in total. The lowest BCUT2D eigenvalue weighted by Crippen LogP contribution is -2.52. The number of ether oxygens (including phenoxy) is 1. The fourth-order valence-electron chi connectivity index (χ4n) is 2.32. The van der Waals surface area contributed by atoms with Crippen LogP contribution in [0.1, 0.15) is 20.8 Å². The summed E-state index contributed by atoms with van der Waals surface area (Å²) < 4.78 is 19.6. The van der Waals surface area contributed by atoms with E-state index in [2.05, 4.69) is 15.3 Å². The standard InChI is InChI=1S/C12H19FN4O/c1-8-6-17(7-12(2,3)18-8)10-9(13)5-15-11(14-4)16-10/h5,8H,6-7H2,1-4H3,(H,14,15,16). The van der Waals surface area contributed by atoms with Gasteiger partial charge in [0.1, 0.15) is 0 Å². The molecule has 0 saturated carbocycles. The Kier molecular flexibility index (Phi) is 3.38. The fraction of sp³-hybridized carbons (Fsp3) is 0.667. The molecule has 1 aromatic heterocycles. The second-order valence-electron chi connectivity index (χ2n) is 5.18. The van der Waals surface area contributed by atoms with Gasteiger partial charge in [0.25, 0.3) is 0 Å². The topological polar surface area (TPSA) is 50.3 Å². The smallest absolute Gasteiger partial charge is 0.224 e. The number of morpholine rings is 1. The van der Waals surface area contributed by atoms with Crippen molar-refractivity contribution in [3.05, 3.63) is 12.0 Å². The number of halogens is 1. The van der Waals surface area contributed by atoms with Crippen molar-refractivity contribution in [2.75, 3.05) is 30.4 Å². The van der Waals surface area contributed by atoms with Gasteiger partial charge in [-0.05, 0) is 20.8 Å². The Bertz CT molecular complexity index is 438. The van der Waals surface area contributed by atoms with E-state index in [0.717, 1.165) is 0 Å². The van der Waals surface area contributed by atoms with Crippen molar-refractivity contribution in [2.24, 2.45) is 0 Å². The molecule has 2 rings (SSSR count). The van der Waals surface area contributed by atoms with E-state index in [1.54, 1.807) is 7.05 Å². The van der Waals surface area contributed by atoms with Crippen molar-refractivity contribution in [3.8, 4) is 0 Å². The summed E-state index contributed by atoms with van der Waals surface area (Å²) in [5.74, 6) is 0.347. The van der Waals surface area contributed by atoms with Crippen molar-refractivity contribution in [1.82, 2.24) is 9.97 Å². The summed E-state index contributed by atoms with van der Waals surface area (Å²) in [5, 5.41) is 2.82. The Balaban J connectivity index is 2.30. The molecule has 100 valence electrons. The van der Waals surface area contributed by atoms with Gasteiger partial charge in [-0.25, -0.2) is 9.37 Å². The van der Waals surface area contributed by atoms with E-state index < -0.39 is 5.82 Å². The van der Waals surface area contributed by atoms with Gasteiger partial charge in [0.05, 0.1) is 17.9 Å². The van der Waals surface area contributed by atoms with E-state index in [0.29, 0.717) is 24.9 Å². The van der Waals surface area contributed by atoms with Crippen LogP contribution >= 0.6 is 0 Å². The van der Waals surface area contributed by atoms with Crippen LogP contribution in [-0.2, 0) is 4.74 Å². The second kappa shape index (κ2) is 4.68. The van der Waals surface area contributed by atoms with Crippen molar-refractivity contribution in [3.63, 3.8) is 0 Å². The van der Waals surface area contributed by atoms with E-state index in [9.17, 15) is 4.39 Å². The van der Waals surface area contributed by atoms with Crippen LogP contribution in [0.25, 0.3) is 0 Å². The first-order valence-electron chi connectivity index (χ1n) is 6.04.